The third-order valence-corrected chi connectivity index (χ3v) is 3.23. The van der Waals surface area contributed by atoms with Crippen molar-refractivity contribution in [3.63, 3.8) is 0 Å². The maximum Gasteiger partial charge on any atom is 0.338 e. The lowest BCUT2D eigenvalue weighted by molar-refractivity contribution is 0.0526. The molecule has 0 unspecified atom stereocenters. The first-order chi connectivity index (χ1) is 12.2. The number of carbonyl (C=O) groups excluding carboxylic acids is 2. The number of aryl methyl sites for hydroxylation is 1. The van der Waals surface area contributed by atoms with E-state index in [1.54, 1.807) is 44.2 Å². The van der Waals surface area contributed by atoms with Crippen LogP contribution in [0.5, 0.6) is 0 Å². The molecule has 138 valence electrons. The Labute approximate surface area is 153 Å². The minimum Gasteiger partial charge on any atom is -0.462 e. The summed E-state index contributed by atoms with van der Waals surface area (Å²) >= 11 is 0. The molecule has 7 nitrogen and oxygen atoms in total. The molecule has 0 fully saturated rings. The highest BCUT2D eigenvalue weighted by atomic mass is 16.5. The van der Waals surface area contributed by atoms with Gasteiger partial charge in [0.05, 0.1) is 12.2 Å². The highest BCUT2D eigenvalue weighted by molar-refractivity contribution is 6.03. The molecule has 0 radical (unpaired) electrons. The Morgan fingerprint density at radius 3 is 2.35 bits per heavy atom. The van der Waals surface area contributed by atoms with E-state index in [9.17, 15) is 9.59 Å². The predicted octanol–water partition coefficient (Wildman–Crippen LogP) is 3.42. The third kappa shape index (κ3) is 5.54. The normalized spacial score (nSPS) is 11.0. The number of ether oxygens (including phenoxy) is 1. The van der Waals surface area contributed by atoms with Crippen molar-refractivity contribution in [2.45, 2.75) is 40.2 Å². The Bertz CT molecular complexity index is 795. The van der Waals surface area contributed by atoms with Gasteiger partial charge in [0, 0.05) is 17.3 Å². The molecule has 2 N–H and O–H groups in total. The fourth-order valence-electron chi connectivity index (χ4n) is 2.23. The summed E-state index contributed by atoms with van der Waals surface area (Å²) in [6.07, 6.45) is 0. The van der Waals surface area contributed by atoms with E-state index in [4.69, 9.17) is 4.74 Å². The Hall–Kier alpha value is -2.96. The summed E-state index contributed by atoms with van der Waals surface area (Å²) < 4.78 is 4.93. The lowest BCUT2D eigenvalue weighted by atomic mass is 10.1. The largest absolute Gasteiger partial charge is 0.462 e. The predicted molar refractivity (Wildman–Crippen MR) is 100 cm³/mol. The first-order valence-corrected chi connectivity index (χ1v) is 8.40. The number of anilines is 2. The second kappa shape index (κ2) is 7.95. The second-order valence-electron chi connectivity index (χ2n) is 6.81. The molecule has 0 atom stereocenters. The minimum absolute atomic E-state index is 0.183. The van der Waals surface area contributed by atoms with Gasteiger partial charge in [0.15, 0.2) is 0 Å². The van der Waals surface area contributed by atoms with Crippen LogP contribution in [-0.2, 0) is 4.74 Å². The molecule has 0 bridgehead atoms. The Morgan fingerprint density at radius 2 is 1.77 bits per heavy atom. The lowest BCUT2D eigenvalue weighted by Gasteiger charge is -2.21. The maximum absolute atomic E-state index is 12.5. The zero-order valence-electron chi connectivity index (χ0n) is 15.7. The summed E-state index contributed by atoms with van der Waals surface area (Å²) in [5.74, 6) is 0.348. The number of nitrogens with zero attached hydrogens (tertiary/aromatic N) is 2. The van der Waals surface area contributed by atoms with Gasteiger partial charge < -0.3 is 15.4 Å². The van der Waals surface area contributed by atoms with Gasteiger partial charge in [-0.15, -0.1) is 0 Å². The molecule has 1 aromatic heterocycles. The van der Waals surface area contributed by atoms with Crippen LogP contribution in [0.3, 0.4) is 0 Å². The summed E-state index contributed by atoms with van der Waals surface area (Å²) in [6, 6.07) is 8.11. The number of benzene rings is 1. The van der Waals surface area contributed by atoms with E-state index in [2.05, 4.69) is 20.6 Å². The zero-order valence-corrected chi connectivity index (χ0v) is 15.7. The molecular formula is C19H24N4O3. The van der Waals surface area contributed by atoms with Crippen LogP contribution in [0.4, 0.5) is 11.5 Å². The number of hydrogen-bond donors (Lipinski definition) is 2. The van der Waals surface area contributed by atoms with Crippen molar-refractivity contribution in [2.24, 2.45) is 0 Å². The second-order valence-corrected chi connectivity index (χ2v) is 6.81. The van der Waals surface area contributed by atoms with E-state index in [0.29, 0.717) is 29.5 Å². The fraction of sp³-hybridized carbons (Fsp3) is 0.368. The van der Waals surface area contributed by atoms with Gasteiger partial charge in [0.1, 0.15) is 17.3 Å². The van der Waals surface area contributed by atoms with Crippen molar-refractivity contribution < 1.29 is 14.3 Å². The van der Waals surface area contributed by atoms with Gasteiger partial charge in [-0.25, -0.2) is 14.8 Å². The van der Waals surface area contributed by atoms with Gasteiger partial charge in [0.25, 0.3) is 5.91 Å². The first-order valence-electron chi connectivity index (χ1n) is 8.40. The van der Waals surface area contributed by atoms with Gasteiger partial charge in [-0.2, -0.15) is 0 Å². The number of rotatable bonds is 5. The van der Waals surface area contributed by atoms with Crippen molar-refractivity contribution in [3.8, 4) is 0 Å². The molecule has 0 saturated heterocycles. The van der Waals surface area contributed by atoms with Gasteiger partial charge in [-0.3, -0.25) is 4.79 Å². The van der Waals surface area contributed by atoms with Crippen molar-refractivity contribution in [2.75, 3.05) is 17.2 Å². The minimum atomic E-state index is -0.394. The zero-order chi connectivity index (χ0) is 19.3. The molecule has 0 spiro atoms. The van der Waals surface area contributed by atoms with Crippen LogP contribution in [0.25, 0.3) is 0 Å². The van der Waals surface area contributed by atoms with Gasteiger partial charge in [0.2, 0.25) is 0 Å². The monoisotopic (exact) mass is 356 g/mol. The third-order valence-electron chi connectivity index (χ3n) is 3.23. The van der Waals surface area contributed by atoms with E-state index in [1.807, 2.05) is 20.8 Å². The highest BCUT2D eigenvalue weighted by Crippen LogP contribution is 2.16. The van der Waals surface area contributed by atoms with Gasteiger partial charge >= 0.3 is 5.97 Å². The van der Waals surface area contributed by atoms with Crippen molar-refractivity contribution >= 4 is 23.4 Å². The van der Waals surface area contributed by atoms with E-state index >= 15 is 0 Å². The Kier molecular flexibility index (Phi) is 5.92. The van der Waals surface area contributed by atoms with Crippen molar-refractivity contribution in [1.29, 1.82) is 0 Å². The van der Waals surface area contributed by atoms with Crippen LogP contribution in [0.2, 0.25) is 0 Å². The number of carbonyl (C=O) groups is 2. The topological polar surface area (TPSA) is 93.2 Å². The number of nitrogens with one attached hydrogen (secondary N) is 2. The van der Waals surface area contributed by atoms with Gasteiger partial charge in [-0.1, -0.05) is 0 Å². The Morgan fingerprint density at radius 1 is 1.12 bits per heavy atom. The number of esters is 1. The van der Waals surface area contributed by atoms with E-state index in [-0.39, 0.29) is 17.1 Å². The van der Waals surface area contributed by atoms with Crippen LogP contribution >= 0.6 is 0 Å². The number of hydrogen-bond acceptors (Lipinski definition) is 6. The molecule has 0 saturated carbocycles. The van der Waals surface area contributed by atoms with Gasteiger partial charge in [-0.05, 0) is 58.9 Å². The molecule has 26 heavy (non-hydrogen) atoms. The smallest absolute Gasteiger partial charge is 0.338 e. The highest BCUT2D eigenvalue weighted by Gasteiger charge is 2.15. The van der Waals surface area contributed by atoms with Crippen LogP contribution < -0.4 is 10.6 Å². The average Bonchev–Trinajstić information content (AvgIpc) is 2.53. The summed E-state index contributed by atoms with van der Waals surface area (Å²) in [6.45, 7) is 9.83. The summed E-state index contributed by atoms with van der Waals surface area (Å²) in [5, 5.41) is 5.99. The molecule has 2 rings (SSSR count). The van der Waals surface area contributed by atoms with Crippen molar-refractivity contribution in [3.05, 3.63) is 47.4 Å². The quantitative estimate of drug-likeness (QED) is 0.797. The maximum atomic E-state index is 12.5. The number of amides is 1. The van der Waals surface area contributed by atoms with E-state index in [0.717, 1.165) is 0 Å². The average molecular weight is 356 g/mol. The fourth-order valence-corrected chi connectivity index (χ4v) is 2.23. The van der Waals surface area contributed by atoms with E-state index in [1.165, 1.54) is 0 Å². The molecule has 7 heteroatoms. The first kappa shape index (κ1) is 19.4. The summed E-state index contributed by atoms with van der Waals surface area (Å²) in [5.41, 5.74) is 1.07. The van der Waals surface area contributed by atoms with E-state index < -0.39 is 5.97 Å². The van der Waals surface area contributed by atoms with Crippen LogP contribution in [0.15, 0.2) is 30.3 Å². The molecule has 1 amide bonds. The number of aromatic nitrogens is 2. The molecular weight excluding hydrogens is 332 g/mol. The van der Waals surface area contributed by atoms with Crippen LogP contribution in [0, 0.1) is 6.92 Å². The summed E-state index contributed by atoms with van der Waals surface area (Å²) in [7, 11) is 0. The van der Waals surface area contributed by atoms with Crippen molar-refractivity contribution in [1.82, 2.24) is 9.97 Å². The standard InChI is InChI=1S/C19H24N4O3/c1-6-26-18(25)13-7-9-14(10-8-13)22-17(24)15-11-16(21-12(2)20-15)23-19(3,4)5/h7-11H,6H2,1-5H3,(H,22,24)(H,20,21,23). The molecule has 1 aromatic carbocycles. The molecule has 1 heterocycles. The molecule has 0 aliphatic carbocycles. The Balaban J connectivity index is 2.13. The molecule has 0 aliphatic rings. The summed E-state index contributed by atoms with van der Waals surface area (Å²) in [4.78, 5) is 32.6. The van der Waals surface area contributed by atoms with Crippen LogP contribution in [-0.4, -0.2) is 34.0 Å². The molecule has 0 aliphatic heterocycles. The SMILES string of the molecule is CCOC(=O)c1ccc(NC(=O)c2cc(NC(C)(C)C)nc(C)n2)cc1. The van der Waals surface area contributed by atoms with Crippen LogP contribution in [0.1, 0.15) is 54.4 Å². The lowest BCUT2D eigenvalue weighted by Crippen LogP contribution is -2.27. The molecule has 2 aromatic rings.